The summed E-state index contributed by atoms with van der Waals surface area (Å²) in [6.07, 6.45) is 11.8. The average Bonchev–Trinajstić information content (AvgIpc) is 2.82. The summed E-state index contributed by atoms with van der Waals surface area (Å²) >= 11 is 0. The quantitative estimate of drug-likeness (QED) is 0.842. The molecule has 0 amide bonds. The highest BCUT2D eigenvalue weighted by atomic mass is 16.3. The Labute approximate surface area is 97.4 Å². The standard InChI is InChI=1S/C14H21NO/c1-2-7-14(8-3-1)9-6-13(14)15-11-12-5-4-10-16-12/h4-5,10,13,15H,1-3,6-9,11H2. The van der Waals surface area contributed by atoms with Crippen LogP contribution in [0.5, 0.6) is 0 Å². The first kappa shape index (κ1) is 10.4. The first-order valence-electron chi connectivity index (χ1n) is 6.65. The van der Waals surface area contributed by atoms with Gasteiger partial charge in [0.2, 0.25) is 0 Å². The van der Waals surface area contributed by atoms with E-state index in [4.69, 9.17) is 4.42 Å². The van der Waals surface area contributed by atoms with Gasteiger partial charge in [0, 0.05) is 6.04 Å². The van der Waals surface area contributed by atoms with Crippen LogP contribution in [0.25, 0.3) is 0 Å². The van der Waals surface area contributed by atoms with Gasteiger partial charge < -0.3 is 9.73 Å². The minimum atomic E-state index is 0.658. The maximum atomic E-state index is 5.37. The van der Waals surface area contributed by atoms with Crippen molar-refractivity contribution >= 4 is 0 Å². The smallest absolute Gasteiger partial charge is 0.117 e. The van der Waals surface area contributed by atoms with E-state index in [1.807, 2.05) is 6.07 Å². The van der Waals surface area contributed by atoms with Crippen molar-refractivity contribution in [1.29, 1.82) is 0 Å². The molecule has 2 nitrogen and oxygen atoms in total. The lowest BCUT2D eigenvalue weighted by molar-refractivity contribution is 0.0212. The average molecular weight is 219 g/mol. The first-order valence-corrected chi connectivity index (χ1v) is 6.65. The van der Waals surface area contributed by atoms with Crippen LogP contribution in [-0.4, -0.2) is 6.04 Å². The van der Waals surface area contributed by atoms with Crippen LogP contribution in [0, 0.1) is 5.41 Å². The summed E-state index contributed by atoms with van der Waals surface area (Å²) in [7, 11) is 0. The van der Waals surface area contributed by atoms with Crippen LogP contribution in [0.1, 0.15) is 50.7 Å². The highest BCUT2D eigenvalue weighted by Gasteiger charge is 2.46. The van der Waals surface area contributed by atoms with Crippen molar-refractivity contribution in [2.24, 2.45) is 5.41 Å². The Hall–Kier alpha value is -0.760. The van der Waals surface area contributed by atoms with Gasteiger partial charge in [-0.3, -0.25) is 0 Å². The molecule has 0 bridgehead atoms. The molecular weight excluding hydrogens is 198 g/mol. The third kappa shape index (κ3) is 1.80. The second-order valence-corrected chi connectivity index (χ2v) is 5.47. The van der Waals surface area contributed by atoms with Crippen molar-refractivity contribution in [2.45, 2.75) is 57.5 Å². The number of rotatable bonds is 3. The molecule has 2 heteroatoms. The Morgan fingerprint density at radius 3 is 2.75 bits per heavy atom. The fraction of sp³-hybridized carbons (Fsp3) is 0.714. The molecule has 0 aliphatic heterocycles. The van der Waals surface area contributed by atoms with Crippen molar-refractivity contribution in [3.05, 3.63) is 24.2 Å². The van der Waals surface area contributed by atoms with Crippen molar-refractivity contribution in [1.82, 2.24) is 5.32 Å². The minimum absolute atomic E-state index is 0.658. The summed E-state index contributed by atoms with van der Waals surface area (Å²) in [4.78, 5) is 0. The van der Waals surface area contributed by atoms with Crippen LogP contribution in [0.15, 0.2) is 22.8 Å². The van der Waals surface area contributed by atoms with E-state index in [0.29, 0.717) is 5.41 Å². The molecule has 1 spiro atoms. The molecule has 2 aliphatic rings. The van der Waals surface area contributed by atoms with Gasteiger partial charge in [-0.05, 0) is 43.2 Å². The molecule has 0 aromatic carbocycles. The van der Waals surface area contributed by atoms with E-state index in [1.54, 1.807) is 6.26 Å². The van der Waals surface area contributed by atoms with Gasteiger partial charge in [0.25, 0.3) is 0 Å². The van der Waals surface area contributed by atoms with E-state index in [-0.39, 0.29) is 0 Å². The Bertz CT molecular complexity index is 325. The van der Waals surface area contributed by atoms with Crippen LogP contribution in [0.3, 0.4) is 0 Å². The number of hydrogen-bond acceptors (Lipinski definition) is 2. The zero-order chi connectivity index (χ0) is 10.8. The summed E-state index contributed by atoms with van der Waals surface area (Å²) in [5.41, 5.74) is 0.658. The molecule has 2 saturated carbocycles. The predicted octanol–water partition coefficient (Wildman–Crippen LogP) is 3.48. The van der Waals surface area contributed by atoms with Crippen molar-refractivity contribution in [3.8, 4) is 0 Å². The van der Waals surface area contributed by atoms with E-state index in [0.717, 1.165) is 18.3 Å². The van der Waals surface area contributed by atoms with Crippen molar-refractivity contribution in [2.75, 3.05) is 0 Å². The monoisotopic (exact) mass is 219 g/mol. The summed E-state index contributed by atoms with van der Waals surface area (Å²) in [5.74, 6) is 1.07. The van der Waals surface area contributed by atoms with Gasteiger partial charge in [0.05, 0.1) is 12.8 Å². The van der Waals surface area contributed by atoms with Crippen molar-refractivity contribution in [3.63, 3.8) is 0 Å². The molecule has 1 aromatic heterocycles. The van der Waals surface area contributed by atoms with Gasteiger partial charge in [-0.2, -0.15) is 0 Å². The molecular formula is C14H21NO. The Kier molecular flexibility index (Phi) is 2.76. The summed E-state index contributed by atoms with van der Waals surface area (Å²) in [6, 6.07) is 4.77. The zero-order valence-corrected chi connectivity index (χ0v) is 9.87. The normalized spacial score (nSPS) is 27.9. The molecule has 1 heterocycles. The lowest BCUT2D eigenvalue weighted by Gasteiger charge is -2.52. The molecule has 2 fully saturated rings. The molecule has 88 valence electrons. The van der Waals surface area contributed by atoms with Crippen LogP contribution >= 0.6 is 0 Å². The summed E-state index contributed by atoms with van der Waals surface area (Å²) in [6.45, 7) is 0.902. The van der Waals surface area contributed by atoms with Crippen molar-refractivity contribution < 1.29 is 4.42 Å². The van der Waals surface area contributed by atoms with Gasteiger partial charge >= 0.3 is 0 Å². The fourth-order valence-corrected chi connectivity index (χ4v) is 3.51. The third-order valence-corrected chi connectivity index (χ3v) is 4.62. The number of nitrogens with one attached hydrogen (secondary N) is 1. The molecule has 1 N–H and O–H groups in total. The summed E-state index contributed by atoms with van der Waals surface area (Å²) in [5, 5.41) is 3.69. The molecule has 1 aromatic rings. The minimum Gasteiger partial charge on any atom is -0.468 e. The Morgan fingerprint density at radius 1 is 1.25 bits per heavy atom. The fourth-order valence-electron chi connectivity index (χ4n) is 3.51. The van der Waals surface area contributed by atoms with Gasteiger partial charge in [0.1, 0.15) is 5.76 Å². The maximum Gasteiger partial charge on any atom is 0.117 e. The van der Waals surface area contributed by atoms with Crippen LogP contribution in [0.4, 0.5) is 0 Å². The highest BCUT2D eigenvalue weighted by molar-refractivity contribution is 5.04. The van der Waals surface area contributed by atoms with Gasteiger partial charge in [0.15, 0.2) is 0 Å². The molecule has 16 heavy (non-hydrogen) atoms. The molecule has 1 unspecified atom stereocenters. The third-order valence-electron chi connectivity index (χ3n) is 4.62. The van der Waals surface area contributed by atoms with Crippen LogP contribution in [-0.2, 0) is 6.54 Å². The zero-order valence-electron chi connectivity index (χ0n) is 9.87. The van der Waals surface area contributed by atoms with Crippen LogP contribution < -0.4 is 5.32 Å². The molecule has 1 atom stereocenters. The van der Waals surface area contributed by atoms with E-state index >= 15 is 0 Å². The second kappa shape index (κ2) is 4.25. The van der Waals surface area contributed by atoms with E-state index in [2.05, 4.69) is 11.4 Å². The lowest BCUT2D eigenvalue weighted by Crippen LogP contribution is -2.53. The molecule has 2 aliphatic carbocycles. The predicted molar refractivity (Wildman–Crippen MR) is 64.1 cm³/mol. The molecule has 0 radical (unpaired) electrons. The lowest BCUT2D eigenvalue weighted by atomic mass is 9.57. The number of hydrogen-bond donors (Lipinski definition) is 1. The summed E-state index contributed by atoms with van der Waals surface area (Å²) < 4.78 is 5.37. The van der Waals surface area contributed by atoms with Gasteiger partial charge in [-0.25, -0.2) is 0 Å². The second-order valence-electron chi connectivity index (χ2n) is 5.47. The molecule has 3 rings (SSSR count). The Balaban J connectivity index is 1.55. The number of furan rings is 1. The highest BCUT2D eigenvalue weighted by Crippen LogP contribution is 2.51. The van der Waals surface area contributed by atoms with E-state index in [1.165, 1.54) is 44.9 Å². The van der Waals surface area contributed by atoms with Crippen LogP contribution in [0.2, 0.25) is 0 Å². The maximum absolute atomic E-state index is 5.37. The van der Waals surface area contributed by atoms with E-state index in [9.17, 15) is 0 Å². The van der Waals surface area contributed by atoms with Gasteiger partial charge in [-0.1, -0.05) is 19.3 Å². The first-order chi connectivity index (χ1) is 7.89. The largest absolute Gasteiger partial charge is 0.468 e. The SMILES string of the molecule is c1coc(CNC2CCC23CCCCC3)c1. The Morgan fingerprint density at radius 2 is 2.12 bits per heavy atom. The van der Waals surface area contributed by atoms with Gasteiger partial charge in [-0.15, -0.1) is 0 Å². The molecule has 0 saturated heterocycles. The van der Waals surface area contributed by atoms with E-state index < -0.39 is 0 Å². The topological polar surface area (TPSA) is 25.2 Å².